The number of hydrogen-bond donors (Lipinski definition) is 2. The second kappa shape index (κ2) is 2.87. The zero-order valence-electron chi connectivity index (χ0n) is 10.2. The highest BCUT2D eigenvalue weighted by Gasteiger charge is 2.75. The maximum absolute atomic E-state index is 11.2. The Bertz CT molecular complexity index is 390. The molecule has 4 aliphatic rings. The second-order valence-electron chi connectivity index (χ2n) is 7.05. The van der Waals surface area contributed by atoms with Gasteiger partial charge in [-0.2, -0.15) is 0 Å². The van der Waals surface area contributed by atoms with Crippen LogP contribution in [-0.2, 0) is 4.79 Å². The number of fused-ring (bicyclic) bond motifs is 1. The van der Waals surface area contributed by atoms with Crippen molar-refractivity contribution in [2.24, 2.45) is 40.2 Å². The van der Waals surface area contributed by atoms with Gasteiger partial charge in [0.1, 0.15) is 0 Å². The van der Waals surface area contributed by atoms with Crippen molar-refractivity contribution in [1.82, 2.24) is 0 Å². The van der Waals surface area contributed by atoms with Crippen LogP contribution >= 0.6 is 0 Å². The van der Waals surface area contributed by atoms with E-state index in [2.05, 4.69) is 0 Å². The third kappa shape index (κ3) is 1.01. The van der Waals surface area contributed by atoms with Gasteiger partial charge in [-0.1, -0.05) is 0 Å². The Morgan fingerprint density at radius 3 is 2.53 bits per heavy atom. The minimum absolute atomic E-state index is 0.0304. The van der Waals surface area contributed by atoms with Gasteiger partial charge in [0.25, 0.3) is 0 Å². The SMILES string of the molecule is NC[C@@]1(CC(=O)O)[C@@H]2CC3(CC3)[C@@H]3CC[C@H]1[C@@H]32. The highest BCUT2D eigenvalue weighted by Crippen LogP contribution is 2.81. The lowest BCUT2D eigenvalue weighted by molar-refractivity contribution is -0.153. The highest BCUT2D eigenvalue weighted by molar-refractivity contribution is 5.68. The summed E-state index contributed by atoms with van der Waals surface area (Å²) in [4.78, 5) is 11.2. The normalized spacial score (nSPS) is 52.3. The van der Waals surface area contributed by atoms with Crippen molar-refractivity contribution in [3.05, 3.63) is 0 Å². The summed E-state index contributed by atoms with van der Waals surface area (Å²) in [6.07, 6.45) is 7.03. The number of rotatable bonds is 3. The van der Waals surface area contributed by atoms with Crippen LogP contribution in [0.1, 0.15) is 38.5 Å². The molecule has 4 saturated carbocycles. The summed E-state index contributed by atoms with van der Waals surface area (Å²) in [5.41, 5.74) is 6.63. The topological polar surface area (TPSA) is 63.3 Å². The summed E-state index contributed by atoms with van der Waals surface area (Å²) in [6.45, 7) is 0.591. The Labute approximate surface area is 102 Å². The molecular weight excluding hydrogens is 214 g/mol. The average Bonchev–Trinajstić information content (AvgIpc) is 2.86. The molecule has 17 heavy (non-hydrogen) atoms. The molecule has 0 radical (unpaired) electrons. The van der Waals surface area contributed by atoms with Gasteiger partial charge in [-0.05, 0) is 73.2 Å². The van der Waals surface area contributed by atoms with Crippen molar-refractivity contribution in [2.45, 2.75) is 38.5 Å². The molecule has 4 fully saturated rings. The molecule has 4 aliphatic carbocycles. The van der Waals surface area contributed by atoms with Gasteiger partial charge in [-0.15, -0.1) is 0 Å². The fourth-order valence-electron chi connectivity index (χ4n) is 6.09. The molecular formula is C14H21NO2. The van der Waals surface area contributed by atoms with Gasteiger partial charge in [0.05, 0.1) is 6.42 Å². The number of carbonyl (C=O) groups is 1. The third-order valence-electron chi connectivity index (χ3n) is 6.83. The van der Waals surface area contributed by atoms with Crippen LogP contribution in [0.5, 0.6) is 0 Å². The Morgan fingerprint density at radius 1 is 1.24 bits per heavy atom. The van der Waals surface area contributed by atoms with Crippen molar-refractivity contribution in [2.75, 3.05) is 6.54 Å². The molecule has 5 atom stereocenters. The molecule has 0 aromatic rings. The predicted molar refractivity (Wildman–Crippen MR) is 63.2 cm³/mol. The first-order valence-electron chi connectivity index (χ1n) is 7.05. The lowest BCUT2D eigenvalue weighted by Crippen LogP contribution is -2.58. The van der Waals surface area contributed by atoms with E-state index in [1.165, 1.54) is 32.1 Å². The average molecular weight is 235 g/mol. The summed E-state index contributed by atoms with van der Waals surface area (Å²) in [6, 6.07) is 0. The Morgan fingerprint density at radius 2 is 1.94 bits per heavy atom. The van der Waals surface area contributed by atoms with Gasteiger partial charge in [0.2, 0.25) is 0 Å². The predicted octanol–water partition coefficient (Wildman–Crippen LogP) is 1.86. The lowest BCUT2D eigenvalue weighted by atomic mass is 9.47. The molecule has 0 heterocycles. The van der Waals surface area contributed by atoms with E-state index in [-0.39, 0.29) is 5.41 Å². The lowest BCUT2D eigenvalue weighted by Gasteiger charge is -2.57. The zero-order valence-corrected chi connectivity index (χ0v) is 10.2. The fraction of sp³-hybridized carbons (Fsp3) is 0.929. The van der Waals surface area contributed by atoms with Crippen molar-refractivity contribution < 1.29 is 9.90 Å². The standard InChI is InChI=1S/C14H21NO2/c15-7-14(6-11(16)17)9-2-1-8-12(9)10(14)5-13(8)3-4-13/h8-10,12H,1-7,15H2,(H,16,17)/t8-,9+,10-,12-,14-/m1/s1. The van der Waals surface area contributed by atoms with Crippen LogP contribution in [0, 0.1) is 34.5 Å². The van der Waals surface area contributed by atoms with E-state index in [0.29, 0.717) is 30.2 Å². The van der Waals surface area contributed by atoms with E-state index in [1.54, 1.807) is 0 Å². The maximum Gasteiger partial charge on any atom is 0.303 e. The summed E-state index contributed by atoms with van der Waals surface area (Å²) in [5, 5.41) is 9.18. The van der Waals surface area contributed by atoms with Crippen molar-refractivity contribution >= 4 is 5.97 Å². The van der Waals surface area contributed by atoms with E-state index < -0.39 is 5.97 Å². The minimum atomic E-state index is -0.644. The quantitative estimate of drug-likeness (QED) is 0.785. The van der Waals surface area contributed by atoms with Crippen LogP contribution in [0.2, 0.25) is 0 Å². The number of aliphatic carboxylic acids is 1. The van der Waals surface area contributed by atoms with Gasteiger partial charge in [-0.25, -0.2) is 0 Å². The Balaban J connectivity index is 1.69. The van der Waals surface area contributed by atoms with Gasteiger partial charge >= 0.3 is 5.97 Å². The van der Waals surface area contributed by atoms with Crippen molar-refractivity contribution in [3.63, 3.8) is 0 Å². The van der Waals surface area contributed by atoms with E-state index in [4.69, 9.17) is 5.73 Å². The van der Waals surface area contributed by atoms with Crippen molar-refractivity contribution in [1.29, 1.82) is 0 Å². The molecule has 0 saturated heterocycles. The first kappa shape index (κ1) is 10.4. The monoisotopic (exact) mass is 235 g/mol. The van der Waals surface area contributed by atoms with Crippen LogP contribution in [0.15, 0.2) is 0 Å². The maximum atomic E-state index is 11.2. The van der Waals surface area contributed by atoms with E-state index in [1.807, 2.05) is 0 Å². The first-order valence-corrected chi connectivity index (χ1v) is 7.05. The minimum Gasteiger partial charge on any atom is -0.481 e. The Kier molecular flexibility index (Phi) is 1.75. The van der Waals surface area contributed by atoms with Crippen LogP contribution < -0.4 is 5.73 Å². The largest absolute Gasteiger partial charge is 0.481 e. The number of nitrogens with two attached hydrogens (primary N) is 1. The number of hydrogen-bond acceptors (Lipinski definition) is 2. The molecule has 0 aromatic heterocycles. The van der Waals surface area contributed by atoms with Gasteiger partial charge in [0.15, 0.2) is 0 Å². The fourth-order valence-corrected chi connectivity index (χ4v) is 6.09. The second-order valence-corrected chi connectivity index (χ2v) is 7.05. The van der Waals surface area contributed by atoms with Gasteiger partial charge in [-0.3, -0.25) is 4.79 Å². The highest BCUT2D eigenvalue weighted by atomic mass is 16.4. The van der Waals surface area contributed by atoms with Crippen LogP contribution in [0.25, 0.3) is 0 Å². The van der Waals surface area contributed by atoms with Crippen LogP contribution in [0.4, 0.5) is 0 Å². The van der Waals surface area contributed by atoms with Crippen LogP contribution in [-0.4, -0.2) is 17.6 Å². The third-order valence-corrected chi connectivity index (χ3v) is 6.83. The van der Waals surface area contributed by atoms with E-state index in [0.717, 1.165) is 11.8 Å². The molecule has 1 spiro atoms. The molecule has 3 nitrogen and oxygen atoms in total. The number of carboxylic acids is 1. The van der Waals surface area contributed by atoms with E-state index >= 15 is 0 Å². The van der Waals surface area contributed by atoms with Gasteiger partial charge < -0.3 is 10.8 Å². The molecule has 3 N–H and O–H groups in total. The molecule has 3 heteroatoms. The molecule has 0 aliphatic heterocycles. The zero-order chi connectivity index (χ0) is 11.8. The summed E-state index contributed by atoms with van der Waals surface area (Å²) in [7, 11) is 0. The molecule has 0 bridgehead atoms. The first-order chi connectivity index (χ1) is 8.13. The van der Waals surface area contributed by atoms with Crippen molar-refractivity contribution in [3.8, 4) is 0 Å². The molecule has 4 rings (SSSR count). The number of carboxylic acid groups (broad SMARTS) is 1. The van der Waals surface area contributed by atoms with Gasteiger partial charge in [0, 0.05) is 0 Å². The summed E-state index contributed by atoms with van der Waals surface area (Å²) >= 11 is 0. The van der Waals surface area contributed by atoms with Crippen LogP contribution in [0.3, 0.4) is 0 Å². The van der Waals surface area contributed by atoms with E-state index in [9.17, 15) is 9.90 Å². The summed E-state index contributed by atoms with van der Waals surface area (Å²) in [5.74, 6) is 2.42. The molecule has 0 unspecified atom stereocenters. The molecule has 0 amide bonds. The smallest absolute Gasteiger partial charge is 0.303 e. The molecule has 94 valence electrons. The molecule has 0 aromatic carbocycles. The summed E-state index contributed by atoms with van der Waals surface area (Å²) < 4.78 is 0. The Hall–Kier alpha value is -0.570.